The van der Waals surface area contributed by atoms with Gasteiger partial charge in [-0.2, -0.15) is 9.97 Å². The minimum Gasteiger partial charge on any atom is -0.463 e. The summed E-state index contributed by atoms with van der Waals surface area (Å²) in [6, 6.07) is 4.21. The predicted molar refractivity (Wildman–Crippen MR) is 154 cm³/mol. The smallest absolute Gasteiger partial charge is 0.320 e. The van der Waals surface area contributed by atoms with Crippen LogP contribution in [0, 0.1) is 5.92 Å². The number of anilines is 3. The second-order valence-electron chi connectivity index (χ2n) is 10.4. The maximum absolute atomic E-state index is 12.8. The number of piperidine rings is 1. The van der Waals surface area contributed by atoms with Crippen molar-refractivity contribution in [2.45, 2.75) is 58.4 Å². The second kappa shape index (κ2) is 15.5. The Bertz CT molecular complexity index is 1140. The van der Waals surface area contributed by atoms with Crippen LogP contribution in [0.2, 0.25) is 0 Å². The molecule has 4 rings (SSSR count). The van der Waals surface area contributed by atoms with E-state index in [4.69, 9.17) is 26.1 Å². The van der Waals surface area contributed by atoms with Gasteiger partial charge in [0.05, 0.1) is 39.4 Å². The maximum atomic E-state index is 12.8. The van der Waals surface area contributed by atoms with Crippen LogP contribution in [0.1, 0.15) is 56.6 Å². The standard InChI is InChI=1S/C28H42N8O5/c1-2-3-13-40-28-33-26(29)22-17-25(38)36(27(22)34-28)19-21-4-5-23(32-18-21)35-11-7-20(8-12-35)6-10-31-24(37)9-14-39-15-16-41-30/h4-5,18,20H,2-3,6-17,19,30H2,1H3,(H,31,37)(H2,29,33,34). The number of nitrogen functional groups attached to an aromatic ring is 1. The summed E-state index contributed by atoms with van der Waals surface area (Å²) in [5, 5.41) is 2.98. The Morgan fingerprint density at radius 3 is 2.71 bits per heavy atom. The number of hydrogen-bond acceptors (Lipinski definition) is 11. The lowest BCUT2D eigenvalue weighted by Gasteiger charge is -2.33. The quantitative estimate of drug-likeness (QED) is 0.198. The van der Waals surface area contributed by atoms with Gasteiger partial charge in [-0.1, -0.05) is 19.4 Å². The Morgan fingerprint density at radius 1 is 1.15 bits per heavy atom. The monoisotopic (exact) mass is 570 g/mol. The zero-order valence-corrected chi connectivity index (χ0v) is 23.8. The molecule has 0 unspecified atom stereocenters. The molecule has 0 bridgehead atoms. The fraction of sp³-hybridized carbons (Fsp3) is 0.607. The summed E-state index contributed by atoms with van der Waals surface area (Å²) in [4.78, 5) is 46.5. The average Bonchev–Trinajstić information content (AvgIpc) is 3.29. The largest absolute Gasteiger partial charge is 0.463 e. The van der Waals surface area contributed by atoms with Crippen molar-refractivity contribution in [2.24, 2.45) is 11.8 Å². The van der Waals surface area contributed by atoms with Crippen molar-refractivity contribution in [1.82, 2.24) is 20.3 Å². The number of carbonyl (C=O) groups is 2. The fourth-order valence-electron chi connectivity index (χ4n) is 4.97. The summed E-state index contributed by atoms with van der Waals surface area (Å²) in [5.74, 6) is 7.15. The van der Waals surface area contributed by atoms with E-state index in [0.29, 0.717) is 63.2 Å². The molecule has 41 heavy (non-hydrogen) atoms. The highest BCUT2D eigenvalue weighted by Crippen LogP contribution is 2.33. The number of carbonyl (C=O) groups excluding carboxylic acids is 2. The predicted octanol–water partition coefficient (Wildman–Crippen LogP) is 1.74. The van der Waals surface area contributed by atoms with E-state index in [0.717, 1.165) is 56.6 Å². The molecule has 0 aromatic carbocycles. The Balaban J connectivity index is 1.22. The number of pyridine rings is 1. The summed E-state index contributed by atoms with van der Waals surface area (Å²) in [7, 11) is 0. The molecule has 2 aromatic heterocycles. The molecule has 1 saturated heterocycles. The summed E-state index contributed by atoms with van der Waals surface area (Å²) >= 11 is 0. The summed E-state index contributed by atoms with van der Waals surface area (Å²) < 4.78 is 10.9. The van der Waals surface area contributed by atoms with Gasteiger partial charge in [-0.15, -0.1) is 0 Å². The summed E-state index contributed by atoms with van der Waals surface area (Å²) in [6.07, 6.45) is 7.27. The molecule has 4 heterocycles. The third-order valence-corrected chi connectivity index (χ3v) is 7.39. The zero-order valence-electron chi connectivity index (χ0n) is 23.8. The van der Waals surface area contributed by atoms with Crippen molar-refractivity contribution in [3.63, 3.8) is 0 Å². The van der Waals surface area contributed by atoms with Gasteiger partial charge in [0, 0.05) is 37.8 Å². The average molecular weight is 571 g/mol. The molecule has 0 aliphatic carbocycles. The lowest BCUT2D eigenvalue weighted by Crippen LogP contribution is -2.35. The molecule has 0 atom stereocenters. The van der Waals surface area contributed by atoms with E-state index in [1.165, 1.54) is 0 Å². The minimum atomic E-state index is -0.0695. The number of nitrogens with zero attached hydrogens (tertiary/aromatic N) is 5. The Labute approximate surface area is 240 Å². The van der Waals surface area contributed by atoms with E-state index in [1.807, 2.05) is 18.3 Å². The first-order valence-corrected chi connectivity index (χ1v) is 14.4. The highest BCUT2D eigenvalue weighted by Gasteiger charge is 2.32. The van der Waals surface area contributed by atoms with Gasteiger partial charge in [-0.25, -0.2) is 10.9 Å². The number of fused-ring (bicyclic) bond motifs is 1. The van der Waals surface area contributed by atoms with Crippen LogP contribution in [0.5, 0.6) is 6.01 Å². The molecule has 2 aromatic rings. The molecular formula is C28H42N8O5. The van der Waals surface area contributed by atoms with Crippen molar-refractivity contribution in [3.05, 3.63) is 29.5 Å². The first kappa shape index (κ1) is 30.4. The Kier molecular flexibility index (Phi) is 11.5. The molecule has 5 N–H and O–H groups in total. The number of nitrogens with two attached hydrogens (primary N) is 2. The molecular weight excluding hydrogens is 528 g/mol. The topological polar surface area (TPSA) is 171 Å². The maximum Gasteiger partial charge on any atom is 0.320 e. The SMILES string of the molecule is CCCCOc1nc(N)c2c(n1)N(Cc1ccc(N3CCC(CCNC(=O)CCOCCON)CC3)nc1)C(=O)C2. The molecule has 0 spiro atoms. The molecule has 0 radical (unpaired) electrons. The second-order valence-corrected chi connectivity index (χ2v) is 10.4. The van der Waals surface area contributed by atoms with Crippen molar-refractivity contribution < 1.29 is 23.9 Å². The Hall–Kier alpha value is -3.55. The van der Waals surface area contributed by atoms with Gasteiger partial charge in [0.2, 0.25) is 11.8 Å². The van der Waals surface area contributed by atoms with E-state index in [-0.39, 0.29) is 30.1 Å². The number of amides is 2. The van der Waals surface area contributed by atoms with Crippen LogP contribution < -0.4 is 31.5 Å². The number of hydrogen-bond donors (Lipinski definition) is 3. The number of unbranched alkanes of at least 4 members (excludes halogenated alkanes) is 1. The van der Waals surface area contributed by atoms with Gasteiger partial charge >= 0.3 is 6.01 Å². The van der Waals surface area contributed by atoms with Crippen molar-refractivity contribution in [2.75, 3.05) is 61.6 Å². The first-order valence-electron chi connectivity index (χ1n) is 14.4. The van der Waals surface area contributed by atoms with Crippen LogP contribution in [-0.4, -0.2) is 72.8 Å². The molecule has 2 aliphatic rings. The van der Waals surface area contributed by atoms with Crippen LogP contribution in [0.25, 0.3) is 0 Å². The first-order chi connectivity index (χ1) is 20.0. The van der Waals surface area contributed by atoms with Crippen LogP contribution in [0.15, 0.2) is 18.3 Å². The number of aromatic nitrogens is 3. The molecule has 2 amide bonds. The third kappa shape index (κ3) is 8.72. The van der Waals surface area contributed by atoms with E-state index in [9.17, 15) is 9.59 Å². The molecule has 1 fully saturated rings. The lowest BCUT2D eigenvalue weighted by atomic mass is 9.93. The van der Waals surface area contributed by atoms with Gasteiger partial charge in [-0.05, 0) is 43.2 Å². The van der Waals surface area contributed by atoms with Crippen molar-refractivity contribution in [1.29, 1.82) is 0 Å². The Morgan fingerprint density at radius 2 is 1.98 bits per heavy atom. The van der Waals surface area contributed by atoms with Gasteiger partial charge in [-0.3, -0.25) is 14.5 Å². The third-order valence-electron chi connectivity index (χ3n) is 7.39. The van der Waals surface area contributed by atoms with E-state index < -0.39 is 0 Å². The van der Waals surface area contributed by atoms with Gasteiger partial charge in [0.25, 0.3) is 0 Å². The zero-order chi connectivity index (χ0) is 29.0. The fourth-order valence-corrected chi connectivity index (χ4v) is 4.97. The number of rotatable bonds is 16. The van der Waals surface area contributed by atoms with Crippen molar-refractivity contribution >= 4 is 29.3 Å². The van der Waals surface area contributed by atoms with Gasteiger partial charge in [0.15, 0.2) is 0 Å². The number of ether oxygens (including phenoxy) is 2. The molecule has 224 valence electrons. The molecule has 13 heteroatoms. The molecule has 0 saturated carbocycles. The van der Waals surface area contributed by atoms with Crippen LogP contribution in [0.3, 0.4) is 0 Å². The summed E-state index contributed by atoms with van der Waals surface area (Å²) in [5.41, 5.74) is 7.67. The molecule has 13 nitrogen and oxygen atoms in total. The normalized spacial score (nSPS) is 15.3. The lowest BCUT2D eigenvalue weighted by molar-refractivity contribution is -0.122. The molecule has 2 aliphatic heterocycles. The van der Waals surface area contributed by atoms with E-state index >= 15 is 0 Å². The number of nitrogens with one attached hydrogen (secondary N) is 1. The summed E-state index contributed by atoms with van der Waals surface area (Å²) in [6.45, 7) is 6.49. The van der Waals surface area contributed by atoms with E-state index in [2.05, 4.69) is 31.9 Å². The van der Waals surface area contributed by atoms with Crippen LogP contribution in [0.4, 0.5) is 17.5 Å². The van der Waals surface area contributed by atoms with Crippen LogP contribution >= 0.6 is 0 Å². The van der Waals surface area contributed by atoms with Gasteiger partial charge in [0.1, 0.15) is 17.5 Å². The van der Waals surface area contributed by atoms with Gasteiger partial charge < -0.3 is 30.3 Å². The van der Waals surface area contributed by atoms with E-state index in [1.54, 1.807) is 4.90 Å². The highest BCUT2D eigenvalue weighted by molar-refractivity contribution is 6.01. The van der Waals surface area contributed by atoms with Crippen LogP contribution in [-0.2, 0) is 32.1 Å². The minimum absolute atomic E-state index is 0.00354. The van der Waals surface area contributed by atoms with Crippen molar-refractivity contribution in [3.8, 4) is 6.01 Å². The highest BCUT2D eigenvalue weighted by atomic mass is 16.6.